The predicted octanol–water partition coefficient (Wildman–Crippen LogP) is 2.16. The number of halogens is 1. The lowest BCUT2D eigenvalue weighted by Crippen LogP contribution is -2.48. The monoisotopic (exact) mass is 295 g/mol. The van der Waals surface area contributed by atoms with Gasteiger partial charge < -0.3 is 15.8 Å². The van der Waals surface area contributed by atoms with Gasteiger partial charge in [0.25, 0.3) is 0 Å². The van der Waals surface area contributed by atoms with Crippen LogP contribution in [0.1, 0.15) is 12.0 Å². The Bertz CT molecular complexity index is 551. The predicted molar refractivity (Wildman–Crippen MR) is 80.6 cm³/mol. The SMILES string of the molecule is CNc1ccc(F)c(C23COCCC2CSC(N)=N3)c1. The molecule has 108 valence electrons. The van der Waals surface area contributed by atoms with Crippen molar-refractivity contribution in [2.45, 2.75) is 12.0 Å². The summed E-state index contributed by atoms with van der Waals surface area (Å²) >= 11 is 1.55. The molecule has 3 rings (SSSR count). The van der Waals surface area contributed by atoms with Gasteiger partial charge in [0.2, 0.25) is 0 Å². The van der Waals surface area contributed by atoms with E-state index < -0.39 is 5.54 Å². The number of nitrogens with zero attached hydrogens (tertiary/aromatic N) is 1. The highest BCUT2D eigenvalue weighted by molar-refractivity contribution is 8.13. The van der Waals surface area contributed by atoms with Crippen LogP contribution in [0.3, 0.4) is 0 Å². The van der Waals surface area contributed by atoms with Gasteiger partial charge >= 0.3 is 0 Å². The minimum atomic E-state index is -0.676. The number of amidine groups is 1. The quantitative estimate of drug-likeness (QED) is 0.878. The number of hydrogen-bond acceptors (Lipinski definition) is 5. The van der Waals surface area contributed by atoms with Gasteiger partial charge in [0, 0.05) is 36.6 Å². The number of thioether (sulfide) groups is 1. The normalized spacial score (nSPS) is 29.5. The molecule has 0 aromatic heterocycles. The summed E-state index contributed by atoms with van der Waals surface area (Å²) in [5.41, 5.74) is 6.68. The van der Waals surface area contributed by atoms with Gasteiger partial charge in [-0.25, -0.2) is 9.38 Å². The van der Waals surface area contributed by atoms with Crippen LogP contribution in [0.25, 0.3) is 0 Å². The Labute approximate surface area is 122 Å². The molecule has 1 aromatic carbocycles. The van der Waals surface area contributed by atoms with Gasteiger partial charge in [-0.2, -0.15) is 0 Å². The maximum absolute atomic E-state index is 14.4. The molecule has 2 aliphatic heterocycles. The van der Waals surface area contributed by atoms with Crippen molar-refractivity contribution in [2.24, 2.45) is 16.6 Å². The van der Waals surface area contributed by atoms with Crippen molar-refractivity contribution in [2.75, 3.05) is 31.3 Å². The first-order chi connectivity index (χ1) is 9.65. The number of nitrogens with one attached hydrogen (secondary N) is 1. The second-order valence-electron chi connectivity index (χ2n) is 5.17. The molecule has 1 saturated heterocycles. The highest BCUT2D eigenvalue weighted by Gasteiger charge is 2.47. The molecule has 0 radical (unpaired) electrons. The van der Waals surface area contributed by atoms with E-state index in [1.165, 1.54) is 6.07 Å². The number of nitrogens with two attached hydrogens (primary N) is 1. The Hall–Kier alpha value is -1.27. The second kappa shape index (κ2) is 5.26. The van der Waals surface area contributed by atoms with Gasteiger partial charge in [-0.1, -0.05) is 11.8 Å². The Morgan fingerprint density at radius 3 is 3.20 bits per heavy atom. The molecule has 6 heteroatoms. The summed E-state index contributed by atoms with van der Waals surface area (Å²) in [5.74, 6) is 0.875. The molecule has 2 aliphatic rings. The largest absolute Gasteiger partial charge is 0.388 e. The highest BCUT2D eigenvalue weighted by atomic mass is 32.2. The summed E-state index contributed by atoms with van der Waals surface area (Å²) < 4.78 is 20.0. The Balaban J connectivity index is 2.14. The fourth-order valence-corrected chi connectivity index (χ4v) is 3.98. The van der Waals surface area contributed by atoms with Gasteiger partial charge in [0.15, 0.2) is 5.17 Å². The van der Waals surface area contributed by atoms with Crippen LogP contribution in [0.2, 0.25) is 0 Å². The van der Waals surface area contributed by atoms with Crippen molar-refractivity contribution in [3.05, 3.63) is 29.6 Å². The summed E-state index contributed by atoms with van der Waals surface area (Å²) in [4.78, 5) is 4.61. The smallest absolute Gasteiger partial charge is 0.154 e. The fourth-order valence-electron chi connectivity index (χ4n) is 2.94. The third-order valence-corrected chi connectivity index (χ3v) is 5.03. The van der Waals surface area contributed by atoms with Crippen molar-refractivity contribution in [3.63, 3.8) is 0 Å². The van der Waals surface area contributed by atoms with E-state index in [-0.39, 0.29) is 11.7 Å². The molecule has 0 amide bonds. The van der Waals surface area contributed by atoms with E-state index in [1.807, 2.05) is 13.1 Å². The molecule has 1 aromatic rings. The third-order valence-electron chi connectivity index (χ3n) is 4.07. The van der Waals surface area contributed by atoms with Crippen LogP contribution in [-0.2, 0) is 10.3 Å². The van der Waals surface area contributed by atoms with E-state index >= 15 is 0 Å². The minimum absolute atomic E-state index is 0.247. The van der Waals surface area contributed by atoms with E-state index in [9.17, 15) is 4.39 Å². The Morgan fingerprint density at radius 1 is 1.55 bits per heavy atom. The van der Waals surface area contributed by atoms with Crippen LogP contribution in [0, 0.1) is 11.7 Å². The number of rotatable bonds is 2. The number of benzene rings is 1. The van der Waals surface area contributed by atoms with Gasteiger partial charge in [0.1, 0.15) is 11.4 Å². The van der Waals surface area contributed by atoms with Crippen LogP contribution < -0.4 is 11.1 Å². The zero-order valence-corrected chi connectivity index (χ0v) is 12.2. The minimum Gasteiger partial charge on any atom is -0.388 e. The fraction of sp³-hybridized carbons (Fsp3) is 0.500. The maximum Gasteiger partial charge on any atom is 0.154 e. The first-order valence-corrected chi connectivity index (χ1v) is 7.68. The molecule has 0 aliphatic carbocycles. The molecule has 2 atom stereocenters. The molecular formula is C14H18FN3OS. The summed E-state index contributed by atoms with van der Waals surface area (Å²) in [7, 11) is 1.82. The van der Waals surface area contributed by atoms with E-state index in [0.717, 1.165) is 17.9 Å². The highest BCUT2D eigenvalue weighted by Crippen LogP contribution is 2.45. The summed E-state index contributed by atoms with van der Waals surface area (Å²) in [6, 6.07) is 5.03. The average molecular weight is 295 g/mol. The average Bonchev–Trinajstić information content (AvgIpc) is 2.47. The topological polar surface area (TPSA) is 59.6 Å². The van der Waals surface area contributed by atoms with Gasteiger partial charge in [-0.05, 0) is 24.6 Å². The van der Waals surface area contributed by atoms with Crippen LogP contribution in [0.4, 0.5) is 10.1 Å². The van der Waals surface area contributed by atoms with Gasteiger partial charge in [0.05, 0.1) is 6.61 Å². The van der Waals surface area contributed by atoms with Crippen LogP contribution in [-0.4, -0.2) is 31.2 Å². The molecule has 0 saturated carbocycles. The molecule has 1 fully saturated rings. The summed E-state index contributed by atoms with van der Waals surface area (Å²) in [6.07, 6.45) is 0.882. The first kappa shape index (κ1) is 13.7. The standard InChI is InChI=1S/C14H18FN3OS/c1-17-10-2-3-12(15)11(6-10)14-8-19-5-4-9(14)7-20-13(16)18-14/h2-3,6,9,17H,4-5,7-8H2,1H3,(H2,16,18). The third kappa shape index (κ3) is 2.16. The molecule has 0 spiro atoms. The molecular weight excluding hydrogens is 277 g/mol. The van der Waals surface area contributed by atoms with Gasteiger partial charge in [-0.3, -0.25) is 0 Å². The van der Waals surface area contributed by atoms with Crippen molar-refractivity contribution in [3.8, 4) is 0 Å². The maximum atomic E-state index is 14.4. The van der Waals surface area contributed by atoms with Crippen molar-refractivity contribution < 1.29 is 9.13 Å². The molecule has 4 nitrogen and oxygen atoms in total. The molecule has 2 heterocycles. The van der Waals surface area contributed by atoms with E-state index in [4.69, 9.17) is 10.5 Å². The van der Waals surface area contributed by atoms with Crippen molar-refractivity contribution in [1.29, 1.82) is 0 Å². The Morgan fingerprint density at radius 2 is 2.40 bits per heavy atom. The number of aliphatic imine (C=N–C) groups is 1. The summed E-state index contributed by atoms with van der Waals surface area (Å²) in [5, 5.41) is 3.56. The molecule has 0 bridgehead atoms. The summed E-state index contributed by atoms with van der Waals surface area (Å²) in [6.45, 7) is 1.10. The lowest BCUT2D eigenvalue weighted by Gasteiger charge is -2.43. The Kier molecular flexibility index (Phi) is 3.60. The lowest BCUT2D eigenvalue weighted by atomic mass is 9.76. The van der Waals surface area contributed by atoms with E-state index in [1.54, 1.807) is 17.8 Å². The number of anilines is 1. The van der Waals surface area contributed by atoms with E-state index in [2.05, 4.69) is 10.3 Å². The molecule has 3 N–H and O–H groups in total. The second-order valence-corrected chi connectivity index (χ2v) is 6.21. The molecule has 20 heavy (non-hydrogen) atoms. The zero-order valence-electron chi connectivity index (χ0n) is 11.4. The zero-order chi connectivity index (χ0) is 14.2. The van der Waals surface area contributed by atoms with E-state index in [0.29, 0.717) is 23.9 Å². The van der Waals surface area contributed by atoms with Gasteiger partial charge in [-0.15, -0.1) is 0 Å². The van der Waals surface area contributed by atoms with Crippen LogP contribution in [0.5, 0.6) is 0 Å². The van der Waals surface area contributed by atoms with Crippen molar-refractivity contribution in [1.82, 2.24) is 0 Å². The van der Waals surface area contributed by atoms with Crippen LogP contribution >= 0.6 is 11.8 Å². The number of hydrogen-bond donors (Lipinski definition) is 2. The number of ether oxygens (including phenoxy) is 1. The molecule has 2 unspecified atom stereocenters. The lowest BCUT2D eigenvalue weighted by molar-refractivity contribution is 0.00304. The first-order valence-electron chi connectivity index (χ1n) is 6.69. The van der Waals surface area contributed by atoms with Crippen LogP contribution in [0.15, 0.2) is 23.2 Å². The number of fused-ring (bicyclic) bond motifs is 1. The van der Waals surface area contributed by atoms with Crippen molar-refractivity contribution >= 4 is 22.6 Å².